The summed E-state index contributed by atoms with van der Waals surface area (Å²) in [5, 5.41) is 179. The number of methoxy groups -OCH3 is 4. The van der Waals surface area contributed by atoms with Crippen molar-refractivity contribution in [3.63, 3.8) is 0 Å². The van der Waals surface area contributed by atoms with Gasteiger partial charge in [0.05, 0.1) is 51.2 Å². The van der Waals surface area contributed by atoms with Crippen LogP contribution in [0.4, 0.5) is 22.7 Å². The Kier molecular flexibility index (Phi) is 89.7. The predicted octanol–water partition coefficient (Wildman–Crippen LogP) is 1.45. The number of hydrogen-bond acceptors (Lipinski definition) is 34. The van der Waals surface area contributed by atoms with E-state index in [4.69, 9.17) is 107 Å². The van der Waals surface area contributed by atoms with E-state index in [1.807, 2.05) is 97.1 Å². The SMILES string of the molecule is CCO.CCO.CCO.CCO.CCO.CCO.CCO.CCO.CCO.CCO.COc1cccc(C=Nc2cc3ccccc3cc2[O-])c1[O-].COc1cccc(C=Nc2cc3ccccc3cc2[O-])c1[O-].COc1cccc(C=Nc2cc3ccccc3cc2[O-])c1[O-].COc1cccc(C=Nc2cc3ccccc3cc2[O-])c1[O-].[Dy+3].[Dy].[Ni+2].[Ni+3].[O-][Cl+3]([O-])([O-])[O-].[O-][Cl+3]([O-])([O-])[O-]. The molecule has 0 spiro atoms. The van der Waals surface area contributed by atoms with E-state index in [0.29, 0.717) is 45.0 Å². The normalized spacial score (nSPS) is 9.70. The molecule has 132 heavy (non-hydrogen) atoms. The van der Waals surface area contributed by atoms with Gasteiger partial charge in [0, 0.05) is 129 Å². The molecule has 12 rings (SSSR count). The van der Waals surface area contributed by atoms with E-state index in [0.717, 1.165) is 43.1 Å². The molecule has 34 nitrogen and oxygen atoms in total. The van der Waals surface area contributed by atoms with Crippen LogP contribution in [0.1, 0.15) is 91.5 Å². The molecule has 40 heteroatoms. The quantitative estimate of drug-likeness (QED) is 0.0611. The summed E-state index contributed by atoms with van der Waals surface area (Å²) in [6, 6.07) is 63.1. The second-order valence-corrected chi connectivity index (χ2v) is 24.6. The van der Waals surface area contributed by atoms with Gasteiger partial charge in [0.25, 0.3) is 0 Å². The summed E-state index contributed by atoms with van der Waals surface area (Å²) in [6.07, 6.45) is 5.60. The molecule has 0 aliphatic rings. The number of fused-ring (bicyclic) bond motifs is 4. The standard InChI is InChI=1S/4C18H15NO3.10C2H6O.2ClHO4.2Dy.2Ni/c4*1-22-17-8-4-7-14(18(17)21)11-19-15-9-12-5-2-3-6-13(12)10-16(15)20;10*1-2-3;2*2-1(3,4)5;;;;/h4*2-11,20-21H,1H3;10*3H,2H2,1H3;2*(H,2,3,4,5);;;;/q;;;;;;;;;;;;;;;;;+3;+2;+3/p-10. The van der Waals surface area contributed by atoms with Crippen LogP contribution in [-0.4, -0.2) is 170 Å². The fourth-order valence-electron chi connectivity index (χ4n) is 8.97. The zero-order chi connectivity index (χ0) is 98.2. The molecular formula is C92H112Cl2Dy2N4Ni2O30-2. The largest absolute Gasteiger partial charge is 3.00 e. The summed E-state index contributed by atoms with van der Waals surface area (Å²) >= 11 is 0. The Morgan fingerprint density at radius 2 is 0.371 bits per heavy atom. The van der Waals surface area contributed by atoms with Crippen molar-refractivity contribution in [2.24, 2.45) is 20.0 Å². The number of aliphatic hydroxyl groups is 10. The van der Waals surface area contributed by atoms with Gasteiger partial charge >= 0.3 is 71.2 Å². The molecule has 0 amide bonds. The minimum absolute atomic E-state index is 0. The number of aliphatic imine (C=N–C) groups is 4. The van der Waals surface area contributed by atoms with Crippen LogP contribution in [0.2, 0.25) is 0 Å². The van der Waals surface area contributed by atoms with Crippen LogP contribution in [0, 0.1) is 96.8 Å². The number of para-hydroxylation sites is 4. The van der Waals surface area contributed by atoms with Gasteiger partial charge in [0.15, 0.2) is 0 Å². The fraction of sp³-hybridized carbons (Fsp3) is 0.261. The van der Waals surface area contributed by atoms with Crippen molar-refractivity contribution in [1.82, 2.24) is 0 Å². The smallest absolute Gasteiger partial charge is 0.871 e. The van der Waals surface area contributed by atoms with Gasteiger partial charge in [-0.2, -0.15) is 0 Å². The minimum Gasteiger partial charge on any atom is -0.871 e. The second kappa shape index (κ2) is 85.3. The van der Waals surface area contributed by atoms with Gasteiger partial charge in [-0.25, -0.2) is 37.3 Å². The van der Waals surface area contributed by atoms with Gasteiger partial charge in [-0.05, 0) is 183 Å². The number of aliphatic hydroxyl groups excluding tert-OH is 10. The molecule has 0 aliphatic heterocycles. The Balaban J connectivity index is -0.000000225. The molecule has 10 N–H and O–H groups in total. The Hall–Kier alpha value is -8.65. The number of rotatable bonds is 12. The van der Waals surface area contributed by atoms with Gasteiger partial charge in [-0.15, -0.1) is 20.5 Å². The Morgan fingerprint density at radius 1 is 0.250 bits per heavy atom. The van der Waals surface area contributed by atoms with Crippen molar-refractivity contribution in [2.45, 2.75) is 69.2 Å². The molecule has 0 fully saturated rings. The van der Waals surface area contributed by atoms with E-state index in [-0.39, 0.29) is 244 Å². The third-order valence-electron chi connectivity index (χ3n) is 13.6. The van der Waals surface area contributed by atoms with E-state index >= 15 is 0 Å². The van der Waals surface area contributed by atoms with E-state index in [2.05, 4.69) is 20.0 Å². The van der Waals surface area contributed by atoms with Crippen LogP contribution in [0.25, 0.3) is 43.1 Å². The Morgan fingerprint density at radius 3 is 0.492 bits per heavy atom. The van der Waals surface area contributed by atoms with Gasteiger partial charge < -0.3 is 111 Å². The van der Waals surface area contributed by atoms with Crippen LogP contribution in [0.15, 0.2) is 238 Å². The fourth-order valence-corrected chi connectivity index (χ4v) is 8.97. The molecule has 736 valence electrons. The third kappa shape index (κ3) is 62.8. The molecule has 0 atom stereocenters. The van der Waals surface area contributed by atoms with Crippen LogP contribution >= 0.6 is 0 Å². The van der Waals surface area contributed by atoms with Gasteiger partial charge in [0.2, 0.25) is 0 Å². The van der Waals surface area contributed by atoms with Crippen molar-refractivity contribution in [3.05, 3.63) is 241 Å². The van der Waals surface area contributed by atoms with Crippen LogP contribution in [0.5, 0.6) is 69.0 Å². The van der Waals surface area contributed by atoms with E-state index in [9.17, 15) is 40.9 Å². The molecule has 0 bridgehead atoms. The van der Waals surface area contributed by atoms with Crippen molar-refractivity contribution in [1.29, 1.82) is 0 Å². The predicted molar refractivity (Wildman–Crippen MR) is 460 cm³/mol. The maximum Gasteiger partial charge on any atom is 3.00 e. The first kappa shape index (κ1) is 139. The summed E-state index contributed by atoms with van der Waals surface area (Å²) in [7, 11) is -4.12. The first-order chi connectivity index (χ1) is 60.9. The van der Waals surface area contributed by atoms with Gasteiger partial charge in [-0.3, -0.25) is 20.0 Å². The van der Waals surface area contributed by atoms with Gasteiger partial charge in [0.1, 0.15) is 23.0 Å². The number of benzene rings is 12. The van der Waals surface area contributed by atoms with Crippen molar-refractivity contribution >= 4 is 90.7 Å². The average molecular weight is 2270 g/mol. The summed E-state index contributed by atoms with van der Waals surface area (Å²) in [6.45, 7) is 19.3. The Labute approximate surface area is 854 Å². The van der Waals surface area contributed by atoms with Crippen molar-refractivity contribution < 1.29 is 278 Å². The second-order valence-electron chi connectivity index (χ2n) is 23.1. The average Bonchev–Trinajstić information content (AvgIpc) is 0.827. The molecule has 0 saturated carbocycles. The van der Waals surface area contributed by atoms with E-state index in [1.54, 1.807) is 191 Å². The molecule has 2 radical (unpaired) electrons. The number of hydrogen-bond donors (Lipinski definition) is 10. The zero-order valence-corrected chi connectivity index (χ0v) is 82.2. The molecular weight excluding hydrogens is 2150 g/mol. The third-order valence-corrected chi connectivity index (χ3v) is 13.6. The van der Waals surface area contributed by atoms with Crippen molar-refractivity contribution in [2.75, 3.05) is 94.5 Å². The first-order valence-corrected chi connectivity index (χ1v) is 41.0. The molecule has 12 aromatic carbocycles. The molecule has 0 saturated heterocycles. The van der Waals surface area contributed by atoms with Crippen LogP contribution in [0.3, 0.4) is 0 Å². The number of nitrogens with zero attached hydrogens (tertiary/aromatic N) is 4. The number of ether oxygens (including phenoxy) is 4. The minimum atomic E-state index is -4.94. The topological polar surface area (TPSA) is 658 Å². The summed E-state index contributed by atoms with van der Waals surface area (Å²) < 4.78 is 87.9. The maximum atomic E-state index is 12.0. The maximum absolute atomic E-state index is 12.0. The molecule has 0 aliphatic carbocycles. The van der Waals surface area contributed by atoms with Gasteiger partial charge in [-0.1, -0.05) is 216 Å². The van der Waals surface area contributed by atoms with Crippen LogP contribution < -0.4 is 97.1 Å². The summed E-state index contributed by atoms with van der Waals surface area (Å²) in [4.78, 5) is 16.7. The molecule has 12 aromatic rings. The summed E-state index contributed by atoms with van der Waals surface area (Å²) in [5.74, 6) is -0.677. The van der Waals surface area contributed by atoms with E-state index in [1.165, 1.54) is 53.3 Å². The number of halogens is 2. The first-order valence-electron chi connectivity index (χ1n) is 38.5. The van der Waals surface area contributed by atoms with Crippen LogP contribution in [-0.2, 0) is 33.0 Å². The molecule has 0 heterocycles. The summed E-state index contributed by atoms with van der Waals surface area (Å²) in [5.41, 5.74) is 2.75. The van der Waals surface area contributed by atoms with Crippen molar-refractivity contribution in [3.8, 4) is 69.0 Å². The molecule has 0 unspecified atom stereocenters. The Bertz CT molecular complexity index is 4450. The van der Waals surface area contributed by atoms with E-state index < -0.39 is 20.5 Å². The zero-order valence-electron chi connectivity index (χ0n) is 74.6. The molecule has 0 aromatic heterocycles. The monoisotopic (exact) mass is 2270 g/mol.